The molecule has 0 aromatic carbocycles. The summed E-state index contributed by atoms with van der Waals surface area (Å²) < 4.78 is 1.94. The zero-order valence-corrected chi connectivity index (χ0v) is 16.4. The maximum Gasteiger partial charge on any atom is 0.255 e. The number of pyridine rings is 3. The number of fused-ring (bicyclic) bond motifs is 1. The fourth-order valence-corrected chi connectivity index (χ4v) is 3.75. The van der Waals surface area contributed by atoms with Crippen molar-refractivity contribution < 1.29 is 4.79 Å². The highest BCUT2D eigenvalue weighted by Crippen LogP contribution is 2.18. The molecular formula is C22H21N7O. The van der Waals surface area contributed by atoms with Crippen LogP contribution in [-0.4, -0.2) is 61.5 Å². The van der Waals surface area contributed by atoms with Crippen molar-refractivity contribution in [1.29, 1.82) is 0 Å². The molecule has 8 nitrogen and oxygen atoms in total. The van der Waals surface area contributed by atoms with Crippen LogP contribution in [0.4, 0.5) is 5.69 Å². The lowest BCUT2D eigenvalue weighted by molar-refractivity contribution is 0.0746. The summed E-state index contributed by atoms with van der Waals surface area (Å²) in [4.78, 5) is 34.5. The maximum atomic E-state index is 13.0. The van der Waals surface area contributed by atoms with Crippen molar-refractivity contribution in [2.24, 2.45) is 0 Å². The minimum atomic E-state index is -0.00180. The van der Waals surface area contributed by atoms with Gasteiger partial charge in [0.05, 0.1) is 24.1 Å². The van der Waals surface area contributed by atoms with Crippen molar-refractivity contribution in [3.05, 3.63) is 78.8 Å². The van der Waals surface area contributed by atoms with Gasteiger partial charge in [0.25, 0.3) is 5.91 Å². The first-order chi connectivity index (χ1) is 14.8. The Kier molecular flexibility index (Phi) is 4.80. The second kappa shape index (κ2) is 7.90. The number of imidazole rings is 1. The number of carbonyl (C=O) groups is 1. The van der Waals surface area contributed by atoms with Gasteiger partial charge in [0, 0.05) is 56.7 Å². The van der Waals surface area contributed by atoms with E-state index in [4.69, 9.17) is 0 Å². The molecule has 1 fully saturated rings. The van der Waals surface area contributed by atoms with Gasteiger partial charge < -0.3 is 14.4 Å². The molecule has 5 heterocycles. The fraction of sp³-hybridized carbons (Fsp3) is 0.227. The number of aromatic nitrogens is 5. The predicted molar refractivity (Wildman–Crippen MR) is 113 cm³/mol. The average molecular weight is 399 g/mol. The Morgan fingerprint density at radius 3 is 2.53 bits per heavy atom. The quantitative estimate of drug-likeness (QED) is 0.524. The average Bonchev–Trinajstić information content (AvgIpc) is 3.22. The van der Waals surface area contributed by atoms with E-state index in [0.717, 1.165) is 30.1 Å². The van der Waals surface area contributed by atoms with Crippen LogP contribution in [0.2, 0.25) is 0 Å². The molecule has 1 aliphatic rings. The zero-order chi connectivity index (χ0) is 20.3. The lowest BCUT2D eigenvalue weighted by atomic mass is 10.2. The van der Waals surface area contributed by atoms with Gasteiger partial charge in [-0.15, -0.1) is 0 Å². The Bertz CT molecular complexity index is 1150. The second-order valence-corrected chi connectivity index (χ2v) is 7.24. The van der Waals surface area contributed by atoms with Crippen molar-refractivity contribution in [3.8, 4) is 0 Å². The van der Waals surface area contributed by atoms with Gasteiger partial charge >= 0.3 is 0 Å². The zero-order valence-electron chi connectivity index (χ0n) is 16.4. The number of hydrogen-bond donors (Lipinski definition) is 0. The summed E-state index contributed by atoms with van der Waals surface area (Å²) in [5.41, 5.74) is 4.11. The van der Waals surface area contributed by atoms with Crippen LogP contribution in [0, 0.1) is 0 Å². The lowest BCUT2D eigenvalue weighted by Gasteiger charge is -2.36. The standard InChI is InChI=1S/C22H21N7O/c30-22(28-11-9-27(10-12-28)19-4-7-23-8-5-19)17-13-20-21(25-14-17)29(16-26-20)15-18-3-1-2-6-24-18/h1-8,13-14,16H,9-12,15H2. The molecule has 30 heavy (non-hydrogen) atoms. The highest BCUT2D eigenvalue weighted by molar-refractivity contribution is 5.96. The monoisotopic (exact) mass is 399 g/mol. The number of hydrogen-bond acceptors (Lipinski definition) is 6. The lowest BCUT2D eigenvalue weighted by Crippen LogP contribution is -2.48. The summed E-state index contributed by atoms with van der Waals surface area (Å²) in [7, 11) is 0. The summed E-state index contributed by atoms with van der Waals surface area (Å²) in [5.74, 6) is -0.00180. The molecule has 0 spiro atoms. The van der Waals surface area contributed by atoms with Gasteiger partial charge in [-0.1, -0.05) is 6.07 Å². The number of amides is 1. The molecule has 0 saturated carbocycles. The molecule has 5 rings (SSSR count). The first-order valence-corrected chi connectivity index (χ1v) is 9.93. The van der Waals surface area contributed by atoms with Crippen LogP contribution in [-0.2, 0) is 6.54 Å². The Hall–Kier alpha value is -3.81. The van der Waals surface area contributed by atoms with E-state index in [0.29, 0.717) is 30.7 Å². The van der Waals surface area contributed by atoms with Crippen LogP contribution in [0.5, 0.6) is 0 Å². The summed E-state index contributed by atoms with van der Waals surface area (Å²) in [6.07, 6.45) is 8.75. The molecule has 0 bridgehead atoms. The molecular weight excluding hydrogens is 378 g/mol. The number of carbonyl (C=O) groups excluding carboxylic acids is 1. The van der Waals surface area contributed by atoms with E-state index >= 15 is 0 Å². The molecule has 0 N–H and O–H groups in total. The van der Waals surface area contributed by atoms with Crippen molar-refractivity contribution in [2.45, 2.75) is 6.54 Å². The van der Waals surface area contributed by atoms with Crippen LogP contribution in [0.3, 0.4) is 0 Å². The van der Waals surface area contributed by atoms with Gasteiger partial charge in [-0.2, -0.15) is 0 Å². The van der Waals surface area contributed by atoms with Gasteiger partial charge in [-0.05, 0) is 30.3 Å². The number of anilines is 1. The molecule has 0 radical (unpaired) electrons. The number of nitrogens with zero attached hydrogens (tertiary/aromatic N) is 7. The molecule has 8 heteroatoms. The van der Waals surface area contributed by atoms with Crippen molar-refractivity contribution in [1.82, 2.24) is 29.4 Å². The Morgan fingerprint density at radius 2 is 1.77 bits per heavy atom. The van der Waals surface area contributed by atoms with Gasteiger partial charge in [-0.25, -0.2) is 9.97 Å². The highest BCUT2D eigenvalue weighted by Gasteiger charge is 2.23. The van der Waals surface area contributed by atoms with Crippen LogP contribution in [0.1, 0.15) is 16.1 Å². The molecule has 150 valence electrons. The van der Waals surface area contributed by atoms with Gasteiger partial charge in [0.2, 0.25) is 0 Å². The summed E-state index contributed by atoms with van der Waals surface area (Å²) in [5, 5.41) is 0. The Labute approximate surface area is 173 Å². The minimum absolute atomic E-state index is 0.00180. The molecule has 1 amide bonds. The first kappa shape index (κ1) is 18.2. The first-order valence-electron chi connectivity index (χ1n) is 9.93. The van der Waals surface area contributed by atoms with Crippen LogP contribution in [0.15, 0.2) is 67.5 Å². The maximum absolute atomic E-state index is 13.0. The molecule has 1 saturated heterocycles. The topological polar surface area (TPSA) is 80.0 Å². The molecule has 4 aromatic rings. The normalized spacial score (nSPS) is 14.3. The van der Waals surface area contributed by atoms with Gasteiger partial charge in [0.15, 0.2) is 5.65 Å². The summed E-state index contributed by atoms with van der Waals surface area (Å²) >= 11 is 0. The van der Waals surface area contributed by atoms with Crippen LogP contribution < -0.4 is 4.90 Å². The number of piperazine rings is 1. The van der Waals surface area contributed by atoms with Gasteiger partial charge in [-0.3, -0.25) is 14.8 Å². The number of rotatable bonds is 4. The smallest absolute Gasteiger partial charge is 0.255 e. The minimum Gasteiger partial charge on any atom is -0.368 e. The summed E-state index contributed by atoms with van der Waals surface area (Å²) in [6.45, 7) is 3.53. The molecule has 0 atom stereocenters. The van der Waals surface area contributed by atoms with E-state index in [-0.39, 0.29) is 5.91 Å². The summed E-state index contributed by atoms with van der Waals surface area (Å²) in [6, 6.07) is 11.6. The van der Waals surface area contributed by atoms with Gasteiger partial charge in [0.1, 0.15) is 5.52 Å². The third kappa shape index (κ3) is 3.59. The van der Waals surface area contributed by atoms with E-state index in [2.05, 4.69) is 24.8 Å². The third-order valence-electron chi connectivity index (χ3n) is 5.36. The predicted octanol–water partition coefficient (Wildman–Crippen LogP) is 2.23. The molecule has 0 aliphatic carbocycles. The van der Waals surface area contributed by atoms with Crippen LogP contribution >= 0.6 is 0 Å². The van der Waals surface area contributed by atoms with E-state index < -0.39 is 0 Å². The van der Waals surface area contributed by atoms with Crippen molar-refractivity contribution in [2.75, 3.05) is 31.1 Å². The SMILES string of the molecule is O=C(c1cnc2c(c1)ncn2Cc1ccccn1)N1CCN(c2ccncc2)CC1. The molecule has 4 aromatic heterocycles. The molecule has 0 unspecified atom stereocenters. The van der Waals surface area contributed by atoms with E-state index in [9.17, 15) is 4.79 Å². The van der Waals surface area contributed by atoms with E-state index in [1.165, 1.54) is 0 Å². The Balaban J connectivity index is 1.29. The van der Waals surface area contributed by atoms with Crippen molar-refractivity contribution >= 4 is 22.8 Å². The Morgan fingerprint density at radius 1 is 0.933 bits per heavy atom. The van der Waals surface area contributed by atoms with Crippen LogP contribution in [0.25, 0.3) is 11.2 Å². The molecule has 1 aliphatic heterocycles. The second-order valence-electron chi connectivity index (χ2n) is 7.24. The van der Waals surface area contributed by atoms with E-state index in [1.807, 2.05) is 45.9 Å². The highest BCUT2D eigenvalue weighted by atomic mass is 16.2. The largest absolute Gasteiger partial charge is 0.368 e. The van der Waals surface area contributed by atoms with Crippen molar-refractivity contribution in [3.63, 3.8) is 0 Å². The van der Waals surface area contributed by atoms with E-state index in [1.54, 1.807) is 31.1 Å². The third-order valence-corrected chi connectivity index (χ3v) is 5.36. The fourth-order valence-electron chi connectivity index (χ4n) is 3.75.